The maximum absolute atomic E-state index is 8.71. The molecule has 0 saturated heterocycles. The largest absolute Gasteiger partial charge is 0.489 e. The van der Waals surface area contributed by atoms with Gasteiger partial charge in [0.25, 0.3) is 0 Å². The van der Waals surface area contributed by atoms with Gasteiger partial charge in [0.2, 0.25) is 5.96 Å². The number of nitrogens with one attached hydrogen (secondary N) is 1. The molecule has 0 radical (unpaired) electrons. The van der Waals surface area contributed by atoms with Crippen molar-refractivity contribution >= 4 is 17.3 Å². The van der Waals surface area contributed by atoms with Gasteiger partial charge in [-0.15, -0.1) is 0 Å². The minimum Gasteiger partial charge on any atom is -0.489 e. The maximum atomic E-state index is 8.71. The molecule has 0 amide bonds. The second-order valence-corrected chi connectivity index (χ2v) is 8.09. The number of benzene rings is 4. The van der Waals surface area contributed by atoms with E-state index in [4.69, 9.17) is 14.9 Å². The van der Waals surface area contributed by atoms with Crippen molar-refractivity contribution in [2.24, 2.45) is 0 Å². The van der Waals surface area contributed by atoms with Crippen LogP contribution in [0, 0.1) is 5.41 Å². The number of guanidine groups is 1. The van der Waals surface area contributed by atoms with Crippen molar-refractivity contribution in [3.63, 3.8) is 0 Å². The summed E-state index contributed by atoms with van der Waals surface area (Å²) in [5, 5.41) is 8.71. The second kappa shape index (κ2) is 11.1. The SMILES string of the molecule is CN(C)C(=N)N(c1ccc(OCc2ccccc2)cc1)c1cccc(OCc2ccccc2)c1. The van der Waals surface area contributed by atoms with Crippen molar-refractivity contribution in [3.8, 4) is 11.5 Å². The highest BCUT2D eigenvalue weighted by molar-refractivity contribution is 6.00. The average Bonchev–Trinajstić information content (AvgIpc) is 2.88. The third-order valence-electron chi connectivity index (χ3n) is 5.30. The van der Waals surface area contributed by atoms with Gasteiger partial charge in [-0.3, -0.25) is 10.3 Å². The van der Waals surface area contributed by atoms with E-state index in [0.29, 0.717) is 19.2 Å². The van der Waals surface area contributed by atoms with Gasteiger partial charge in [-0.1, -0.05) is 66.7 Å². The molecule has 4 aromatic rings. The number of hydrogen-bond donors (Lipinski definition) is 1. The molecule has 0 spiro atoms. The molecule has 1 N–H and O–H groups in total. The van der Waals surface area contributed by atoms with Crippen LogP contribution in [0.4, 0.5) is 11.4 Å². The molecule has 5 nitrogen and oxygen atoms in total. The Bertz CT molecular complexity index is 1190. The summed E-state index contributed by atoms with van der Waals surface area (Å²) in [4.78, 5) is 3.66. The lowest BCUT2D eigenvalue weighted by Crippen LogP contribution is -2.36. The first kappa shape index (κ1) is 22.9. The first-order valence-corrected chi connectivity index (χ1v) is 11.2. The molecule has 0 aliphatic carbocycles. The average molecular weight is 452 g/mol. The summed E-state index contributed by atoms with van der Waals surface area (Å²) in [5.41, 5.74) is 3.94. The fourth-order valence-corrected chi connectivity index (χ4v) is 3.48. The molecule has 0 aromatic heterocycles. The van der Waals surface area contributed by atoms with Gasteiger partial charge in [0.05, 0.1) is 5.69 Å². The molecule has 4 aromatic carbocycles. The van der Waals surface area contributed by atoms with E-state index in [9.17, 15) is 0 Å². The van der Waals surface area contributed by atoms with Crippen LogP contribution in [0.5, 0.6) is 11.5 Å². The summed E-state index contributed by atoms with van der Waals surface area (Å²) in [6.07, 6.45) is 0. The minimum atomic E-state index is 0.346. The smallest absolute Gasteiger partial charge is 0.202 e. The standard InChI is InChI=1S/C29H29N3O2/c1-31(2)29(30)32(25-16-18-27(19-17-25)33-21-23-10-5-3-6-11-23)26-14-9-15-28(20-26)34-22-24-12-7-4-8-13-24/h3-20,30H,21-22H2,1-2H3. The van der Waals surface area contributed by atoms with Crippen molar-refractivity contribution in [1.82, 2.24) is 4.90 Å². The minimum absolute atomic E-state index is 0.346. The molecule has 4 rings (SSSR count). The van der Waals surface area contributed by atoms with Gasteiger partial charge in [-0.05, 0) is 47.5 Å². The van der Waals surface area contributed by atoms with Crippen molar-refractivity contribution in [3.05, 3.63) is 120 Å². The van der Waals surface area contributed by atoms with E-state index in [1.165, 1.54) is 0 Å². The van der Waals surface area contributed by atoms with Crippen LogP contribution in [-0.2, 0) is 13.2 Å². The summed E-state index contributed by atoms with van der Waals surface area (Å²) < 4.78 is 12.0. The zero-order chi connectivity index (χ0) is 23.8. The van der Waals surface area contributed by atoms with E-state index >= 15 is 0 Å². The lowest BCUT2D eigenvalue weighted by molar-refractivity contribution is 0.306. The number of anilines is 2. The first-order chi connectivity index (χ1) is 16.6. The normalized spacial score (nSPS) is 10.4. The van der Waals surface area contributed by atoms with Crippen molar-refractivity contribution < 1.29 is 9.47 Å². The summed E-state index contributed by atoms with van der Waals surface area (Å²) in [7, 11) is 3.73. The van der Waals surface area contributed by atoms with E-state index < -0.39 is 0 Å². The highest BCUT2D eigenvalue weighted by atomic mass is 16.5. The summed E-state index contributed by atoms with van der Waals surface area (Å²) in [6.45, 7) is 1.00. The molecule has 172 valence electrons. The summed E-state index contributed by atoms with van der Waals surface area (Å²) >= 11 is 0. The van der Waals surface area contributed by atoms with Gasteiger partial charge in [0, 0.05) is 25.8 Å². The van der Waals surface area contributed by atoms with Gasteiger partial charge < -0.3 is 14.4 Å². The highest BCUT2D eigenvalue weighted by Gasteiger charge is 2.17. The Morgan fingerprint density at radius 1 is 0.618 bits per heavy atom. The zero-order valence-corrected chi connectivity index (χ0v) is 19.5. The third kappa shape index (κ3) is 5.95. The Kier molecular flexibility index (Phi) is 7.45. The number of ether oxygens (including phenoxy) is 2. The molecule has 5 heteroatoms. The quantitative estimate of drug-likeness (QED) is 0.246. The van der Waals surface area contributed by atoms with E-state index in [0.717, 1.165) is 34.0 Å². The lowest BCUT2D eigenvalue weighted by Gasteiger charge is -2.29. The van der Waals surface area contributed by atoms with Crippen molar-refractivity contribution in [1.29, 1.82) is 5.41 Å². The Hall–Kier alpha value is -4.25. The first-order valence-electron chi connectivity index (χ1n) is 11.2. The molecule has 0 heterocycles. The predicted octanol–water partition coefficient (Wildman–Crippen LogP) is 6.48. The van der Waals surface area contributed by atoms with E-state index in [-0.39, 0.29) is 0 Å². The predicted molar refractivity (Wildman–Crippen MR) is 138 cm³/mol. The van der Waals surface area contributed by atoms with Crippen LogP contribution in [0.15, 0.2) is 109 Å². The monoisotopic (exact) mass is 451 g/mol. The summed E-state index contributed by atoms with van der Waals surface area (Å²) in [6, 6.07) is 35.8. The van der Waals surface area contributed by atoms with E-state index in [1.807, 2.05) is 128 Å². The van der Waals surface area contributed by atoms with E-state index in [1.54, 1.807) is 4.90 Å². The Morgan fingerprint density at radius 3 is 1.74 bits per heavy atom. The molecular weight excluding hydrogens is 422 g/mol. The van der Waals surface area contributed by atoms with Crippen molar-refractivity contribution in [2.75, 3.05) is 19.0 Å². The zero-order valence-electron chi connectivity index (χ0n) is 19.5. The van der Waals surface area contributed by atoms with Crippen LogP contribution in [0.3, 0.4) is 0 Å². The Labute approximate surface area is 201 Å². The van der Waals surface area contributed by atoms with Crippen LogP contribution < -0.4 is 14.4 Å². The van der Waals surface area contributed by atoms with Gasteiger partial charge in [0.15, 0.2) is 0 Å². The Balaban J connectivity index is 1.52. The highest BCUT2D eigenvalue weighted by Crippen LogP contribution is 2.31. The molecule has 0 unspecified atom stereocenters. The fraction of sp³-hybridized carbons (Fsp3) is 0.138. The number of hydrogen-bond acceptors (Lipinski definition) is 3. The molecule has 0 aliphatic rings. The molecule has 0 atom stereocenters. The van der Waals surface area contributed by atoms with Gasteiger partial charge in [-0.2, -0.15) is 0 Å². The molecule has 0 saturated carbocycles. The Morgan fingerprint density at radius 2 is 1.18 bits per heavy atom. The number of rotatable bonds is 8. The fourth-order valence-electron chi connectivity index (χ4n) is 3.48. The van der Waals surface area contributed by atoms with Crippen LogP contribution in [0.2, 0.25) is 0 Å². The molecule has 0 fully saturated rings. The lowest BCUT2D eigenvalue weighted by atomic mass is 10.2. The van der Waals surface area contributed by atoms with E-state index in [2.05, 4.69) is 0 Å². The molecule has 0 aliphatic heterocycles. The third-order valence-corrected chi connectivity index (χ3v) is 5.30. The van der Waals surface area contributed by atoms with Crippen LogP contribution in [0.1, 0.15) is 11.1 Å². The van der Waals surface area contributed by atoms with Crippen LogP contribution in [0.25, 0.3) is 0 Å². The van der Waals surface area contributed by atoms with Gasteiger partial charge in [0.1, 0.15) is 24.7 Å². The summed E-state index contributed by atoms with van der Waals surface area (Å²) in [5.74, 6) is 1.88. The molecular formula is C29H29N3O2. The van der Waals surface area contributed by atoms with Gasteiger partial charge in [-0.25, -0.2) is 0 Å². The second-order valence-electron chi connectivity index (χ2n) is 8.09. The van der Waals surface area contributed by atoms with Crippen LogP contribution in [-0.4, -0.2) is 25.0 Å². The van der Waals surface area contributed by atoms with Crippen LogP contribution >= 0.6 is 0 Å². The number of nitrogens with zero attached hydrogens (tertiary/aromatic N) is 2. The van der Waals surface area contributed by atoms with Crippen molar-refractivity contribution in [2.45, 2.75) is 13.2 Å². The molecule has 34 heavy (non-hydrogen) atoms. The topological polar surface area (TPSA) is 48.8 Å². The maximum Gasteiger partial charge on any atom is 0.202 e. The molecule has 0 bridgehead atoms. The van der Waals surface area contributed by atoms with Gasteiger partial charge >= 0.3 is 0 Å².